The van der Waals surface area contributed by atoms with Crippen molar-refractivity contribution in [3.8, 4) is 0 Å². The van der Waals surface area contributed by atoms with Crippen LogP contribution in [0.1, 0.15) is 22.0 Å². The number of ketones is 1. The van der Waals surface area contributed by atoms with Crippen molar-refractivity contribution in [3.63, 3.8) is 0 Å². The molecule has 0 saturated carbocycles. The van der Waals surface area contributed by atoms with Gasteiger partial charge in [0.2, 0.25) is 0 Å². The van der Waals surface area contributed by atoms with Gasteiger partial charge in [0, 0.05) is 16.7 Å². The fourth-order valence-corrected chi connectivity index (χ4v) is 2.65. The minimum atomic E-state index is 0.131. The second-order valence-corrected chi connectivity index (χ2v) is 5.14. The molecule has 2 rings (SSSR count). The van der Waals surface area contributed by atoms with Crippen LogP contribution in [0.5, 0.6) is 0 Å². The number of aromatic nitrogens is 1. The first-order valence-electron chi connectivity index (χ1n) is 5.30. The second-order valence-electron chi connectivity index (χ2n) is 3.86. The van der Waals surface area contributed by atoms with Gasteiger partial charge < -0.3 is 5.43 Å². The highest BCUT2D eigenvalue weighted by molar-refractivity contribution is 7.11. The molecule has 5 heteroatoms. The largest absolute Gasteiger partial charge is 0.325 e. The topological polar surface area (TPSA) is 54.0 Å². The Morgan fingerprint density at radius 1 is 1.44 bits per heavy atom. The minimum absolute atomic E-state index is 0.131. The Hall–Kier alpha value is -1.20. The van der Waals surface area contributed by atoms with E-state index in [4.69, 9.17) is 0 Å². The number of rotatable bonds is 3. The number of thiazole rings is 1. The Kier molecular flexibility index (Phi) is 3.36. The van der Waals surface area contributed by atoms with Gasteiger partial charge in [0.25, 0.3) is 0 Å². The van der Waals surface area contributed by atoms with Crippen molar-refractivity contribution in [2.24, 2.45) is 0 Å². The number of hydrogen-bond donors (Lipinski definition) is 2. The van der Waals surface area contributed by atoms with Crippen LogP contribution in [0, 0.1) is 13.8 Å². The Bertz CT molecular complexity index is 436. The third kappa shape index (κ3) is 2.68. The summed E-state index contributed by atoms with van der Waals surface area (Å²) in [7, 11) is 0. The van der Waals surface area contributed by atoms with E-state index in [1.54, 1.807) is 17.4 Å². The highest BCUT2D eigenvalue weighted by Crippen LogP contribution is 2.20. The molecule has 0 radical (unpaired) electrons. The molecule has 1 aromatic rings. The Morgan fingerprint density at radius 3 is 2.88 bits per heavy atom. The molecular weight excluding hydrogens is 222 g/mol. The van der Waals surface area contributed by atoms with Crippen molar-refractivity contribution in [2.75, 3.05) is 6.54 Å². The van der Waals surface area contributed by atoms with Gasteiger partial charge in [0.1, 0.15) is 0 Å². The molecule has 0 spiro atoms. The number of nitrogens with one attached hydrogen (secondary N) is 2. The second kappa shape index (κ2) is 4.76. The Labute approximate surface area is 98.7 Å². The fourth-order valence-electron chi connectivity index (χ4n) is 1.71. The SMILES string of the molecule is Cc1nc(C)c(CCC2=CC(=O)CNN2)s1. The van der Waals surface area contributed by atoms with Gasteiger partial charge in [0.05, 0.1) is 17.2 Å². The van der Waals surface area contributed by atoms with Crippen molar-refractivity contribution in [1.29, 1.82) is 0 Å². The summed E-state index contributed by atoms with van der Waals surface area (Å²) >= 11 is 1.73. The number of hydrogen-bond acceptors (Lipinski definition) is 5. The Balaban J connectivity index is 1.97. The number of hydrazine groups is 1. The molecule has 0 aliphatic carbocycles. The van der Waals surface area contributed by atoms with E-state index in [-0.39, 0.29) is 5.78 Å². The molecule has 0 atom stereocenters. The zero-order valence-corrected chi connectivity index (χ0v) is 10.3. The van der Waals surface area contributed by atoms with Crippen LogP contribution in [0.3, 0.4) is 0 Å². The van der Waals surface area contributed by atoms with Crippen molar-refractivity contribution >= 4 is 17.1 Å². The van der Waals surface area contributed by atoms with Gasteiger partial charge in [-0.3, -0.25) is 4.79 Å². The first kappa shape index (κ1) is 11.3. The summed E-state index contributed by atoms with van der Waals surface area (Å²) in [6.07, 6.45) is 3.46. The number of carbonyl (C=O) groups is 1. The van der Waals surface area contributed by atoms with Gasteiger partial charge in [-0.25, -0.2) is 10.4 Å². The van der Waals surface area contributed by atoms with Crippen LogP contribution in [-0.4, -0.2) is 17.3 Å². The minimum Gasteiger partial charge on any atom is -0.325 e. The van der Waals surface area contributed by atoms with Gasteiger partial charge in [-0.2, -0.15) is 0 Å². The molecule has 1 aliphatic heterocycles. The molecule has 4 nitrogen and oxygen atoms in total. The number of aryl methyl sites for hydroxylation is 3. The molecule has 0 unspecified atom stereocenters. The third-order valence-electron chi connectivity index (χ3n) is 2.47. The molecule has 86 valence electrons. The maximum Gasteiger partial charge on any atom is 0.173 e. The molecule has 16 heavy (non-hydrogen) atoms. The molecule has 0 saturated heterocycles. The van der Waals surface area contributed by atoms with Crippen molar-refractivity contribution in [2.45, 2.75) is 26.7 Å². The molecule has 2 heterocycles. The summed E-state index contributed by atoms with van der Waals surface area (Å²) in [6.45, 7) is 4.43. The summed E-state index contributed by atoms with van der Waals surface area (Å²) in [6, 6.07) is 0. The summed E-state index contributed by atoms with van der Waals surface area (Å²) < 4.78 is 0. The summed E-state index contributed by atoms with van der Waals surface area (Å²) in [5.74, 6) is 0.131. The standard InChI is InChI=1S/C11H15N3OS/c1-7-11(16-8(2)13-7)4-3-9-5-10(15)6-12-14-9/h5,12,14H,3-4,6H2,1-2H3. The predicted molar refractivity (Wildman–Crippen MR) is 64.1 cm³/mol. The van der Waals surface area contributed by atoms with Gasteiger partial charge in [-0.15, -0.1) is 11.3 Å². The van der Waals surface area contributed by atoms with Gasteiger partial charge in [-0.05, 0) is 26.7 Å². The smallest absolute Gasteiger partial charge is 0.173 e. The molecule has 0 fully saturated rings. The maximum atomic E-state index is 11.2. The van der Waals surface area contributed by atoms with E-state index in [1.165, 1.54) is 4.88 Å². The van der Waals surface area contributed by atoms with E-state index in [0.29, 0.717) is 6.54 Å². The normalized spacial score (nSPS) is 15.9. The molecule has 0 amide bonds. The average molecular weight is 237 g/mol. The van der Waals surface area contributed by atoms with E-state index in [0.717, 1.165) is 29.2 Å². The summed E-state index contributed by atoms with van der Waals surface area (Å²) in [5, 5.41) is 1.10. The van der Waals surface area contributed by atoms with Gasteiger partial charge >= 0.3 is 0 Å². The van der Waals surface area contributed by atoms with Crippen molar-refractivity contribution in [3.05, 3.63) is 27.4 Å². The van der Waals surface area contributed by atoms with Crippen LogP contribution in [0.2, 0.25) is 0 Å². The van der Waals surface area contributed by atoms with E-state index in [1.807, 2.05) is 13.8 Å². The first-order chi connectivity index (χ1) is 7.65. The molecule has 0 bridgehead atoms. The summed E-state index contributed by atoms with van der Waals surface area (Å²) in [5.41, 5.74) is 7.95. The first-order valence-corrected chi connectivity index (χ1v) is 6.12. The fraction of sp³-hybridized carbons (Fsp3) is 0.455. The van der Waals surface area contributed by atoms with Crippen LogP contribution >= 0.6 is 11.3 Å². The average Bonchev–Trinajstić information content (AvgIpc) is 2.54. The Morgan fingerprint density at radius 2 is 2.25 bits per heavy atom. The van der Waals surface area contributed by atoms with Crippen molar-refractivity contribution < 1.29 is 4.79 Å². The van der Waals surface area contributed by atoms with E-state index in [9.17, 15) is 4.79 Å². The van der Waals surface area contributed by atoms with Crippen molar-refractivity contribution in [1.82, 2.24) is 15.8 Å². The molecule has 0 aromatic carbocycles. The zero-order chi connectivity index (χ0) is 11.5. The molecule has 1 aromatic heterocycles. The van der Waals surface area contributed by atoms with E-state index >= 15 is 0 Å². The lowest BCUT2D eigenvalue weighted by molar-refractivity contribution is -0.114. The van der Waals surface area contributed by atoms with Gasteiger partial charge in [0.15, 0.2) is 5.78 Å². The number of nitrogens with zero attached hydrogens (tertiary/aromatic N) is 1. The number of allylic oxidation sites excluding steroid dienone is 1. The third-order valence-corrected chi connectivity index (χ3v) is 3.60. The van der Waals surface area contributed by atoms with Gasteiger partial charge in [-0.1, -0.05) is 0 Å². The van der Waals surface area contributed by atoms with Crippen LogP contribution in [0.4, 0.5) is 0 Å². The zero-order valence-electron chi connectivity index (χ0n) is 9.46. The molecular formula is C11H15N3OS. The van der Waals surface area contributed by atoms with Crippen LogP contribution in [0.15, 0.2) is 11.8 Å². The lowest BCUT2D eigenvalue weighted by Crippen LogP contribution is -2.39. The maximum absolute atomic E-state index is 11.2. The lowest BCUT2D eigenvalue weighted by Gasteiger charge is -2.15. The number of carbonyl (C=O) groups excluding carboxylic acids is 1. The van der Waals surface area contributed by atoms with Crippen LogP contribution in [-0.2, 0) is 11.2 Å². The van der Waals surface area contributed by atoms with E-state index < -0.39 is 0 Å². The highest BCUT2D eigenvalue weighted by atomic mass is 32.1. The van der Waals surface area contributed by atoms with Crippen LogP contribution < -0.4 is 10.9 Å². The highest BCUT2D eigenvalue weighted by Gasteiger charge is 2.10. The molecule has 2 N–H and O–H groups in total. The lowest BCUT2D eigenvalue weighted by atomic mass is 10.1. The quantitative estimate of drug-likeness (QED) is 0.831. The predicted octanol–water partition coefficient (Wildman–Crippen LogP) is 1.25. The molecule has 1 aliphatic rings. The van der Waals surface area contributed by atoms with E-state index in [2.05, 4.69) is 15.8 Å². The van der Waals surface area contributed by atoms with Crippen LogP contribution in [0.25, 0.3) is 0 Å². The monoisotopic (exact) mass is 237 g/mol. The summed E-state index contributed by atoms with van der Waals surface area (Å²) in [4.78, 5) is 16.9.